The Bertz CT molecular complexity index is 846. The Labute approximate surface area is 147 Å². The summed E-state index contributed by atoms with van der Waals surface area (Å²) in [6.45, 7) is 0.0221. The maximum Gasteiger partial charge on any atom is 0.416 e. The van der Waals surface area contributed by atoms with Crippen molar-refractivity contribution in [1.82, 2.24) is 10.3 Å². The van der Waals surface area contributed by atoms with Gasteiger partial charge in [0.2, 0.25) is 0 Å². The van der Waals surface area contributed by atoms with Gasteiger partial charge < -0.3 is 16.8 Å². The van der Waals surface area contributed by atoms with Crippen LogP contribution >= 0.6 is 0 Å². The highest BCUT2D eigenvalue weighted by Gasteiger charge is 2.30. The van der Waals surface area contributed by atoms with E-state index in [9.17, 15) is 18.0 Å². The summed E-state index contributed by atoms with van der Waals surface area (Å²) in [4.78, 5) is 19.8. The smallest absolute Gasteiger partial charge is 0.404 e. The van der Waals surface area contributed by atoms with Crippen molar-refractivity contribution in [2.75, 3.05) is 12.3 Å². The lowest BCUT2D eigenvalue weighted by atomic mass is 10.2. The molecule has 0 saturated heterocycles. The molecule has 2 rings (SSSR count). The second-order valence-electron chi connectivity index (χ2n) is 5.18. The number of pyridine rings is 1. The normalized spacial score (nSPS) is 12.3. The minimum Gasteiger partial charge on any atom is -0.404 e. The number of anilines is 1. The van der Waals surface area contributed by atoms with Crippen molar-refractivity contribution in [1.29, 1.82) is 0 Å². The number of nitrogen functional groups attached to an aromatic ring is 1. The number of nitrogens with one attached hydrogen (secondary N) is 1. The SMILES string of the molecule is NC=C(C=Nc1cccc(C(F)(F)F)c1)CNC(=O)c1cccc(N)n1. The number of aromatic nitrogens is 1. The van der Waals surface area contributed by atoms with Gasteiger partial charge in [0, 0.05) is 24.5 Å². The van der Waals surface area contributed by atoms with Crippen molar-refractivity contribution < 1.29 is 18.0 Å². The molecule has 0 unspecified atom stereocenters. The first-order valence-corrected chi connectivity index (χ1v) is 7.42. The zero-order valence-corrected chi connectivity index (χ0v) is 13.5. The molecular formula is C17H16F3N5O. The van der Waals surface area contributed by atoms with Crippen LogP contribution < -0.4 is 16.8 Å². The van der Waals surface area contributed by atoms with Gasteiger partial charge in [-0.25, -0.2) is 4.98 Å². The summed E-state index contributed by atoms with van der Waals surface area (Å²) in [5.74, 6) is -0.262. The Kier molecular flexibility index (Phi) is 5.94. The van der Waals surface area contributed by atoms with E-state index >= 15 is 0 Å². The summed E-state index contributed by atoms with van der Waals surface area (Å²) in [6.07, 6.45) is -1.97. The van der Waals surface area contributed by atoms with Crippen LogP contribution in [-0.2, 0) is 6.18 Å². The zero-order chi connectivity index (χ0) is 19.2. The summed E-state index contributed by atoms with van der Waals surface area (Å²) in [7, 11) is 0. The molecule has 6 nitrogen and oxygen atoms in total. The van der Waals surface area contributed by atoms with E-state index in [4.69, 9.17) is 11.5 Å². The van der Waals surface area contributed by atoms with E-state index in [0.29, 0.717) is 5.57 Å². The van der Waals surface area contributed by atoms with Gasteiger partial charge in [0.25, 0.3) is 5.91 Å². The molecular weight excluding hydrogens is 347 g/mol. The number of hydrogen-bond acceptors (Lipinski definition) is 5. The van der Waals surface area contributed by atoms with E-state index in [2.05, 4.69) is 15.3 Å². The fourth-order valence-electron chi connectivity index (χ4n) is 1.92. The van der Waals surface area contributed by atoms with E-state index in [1.54, 1.807) is 12.1 Å². The van der Waals surface area contributed by atoms with Crippen LogP contribution in [0.25, 0.3) is 0 Å². The number of carbonyl (C=O) groups excluding carboxylic acids is 1. The van der Waals surface area contributed by atoms with Crippen LogP contribution in [0.2, 0.25) is 0 Å². The Morgan fingerprint density at radius 1 is 1.23 bits per heavy atom. The lowest BCUT2D eigenvalue weighted by molar-refractivity contribution is -0.137. The number of benzene rings is 1. The number of alkyl halides is 3. The number of halogens is 3. The molecule has 1 aromatic heterocycles. The third-order valence-corrected chi connectivity index (χ3v) is 3.22. The number of aliphatic imine (C=N–C) groups is 1. The molecule has 136 valence electrons. The van der Waals surface area contributed by atoms with E-state index in [0.717, 1.165) is 12.1 Å². The third-order valence-electron chi connectivity index (χ3n) is 3.22. The highest BCUT2D eigenvalue weighted by molar-refractivity contribution is 5.93. The predicted molar refractivity (Wildman–Crippen MR) is 92.8 cm³/mol. The molecule has 1 aromatic carbocycles. The van der Waals surface area contributed by atoms with E-state index in [1.165, 1.54) is 30.6 Å². The maximum atomic E-state index is 12.7. The minimum absolute atomic E-state index is 0.0221. The molecule has 0 radical (unpaired) electrons. The fourth-order valence-corrected chi connectivity index (χ4v) is 1.92. The summed E-state index contributed by atoms with van der Waals surface area (Å²) in [5.41, 5.74) is 10.8. The van der Waals surface area contributed by atoms with Crippen LogP contribution in [0.3, 0.4) is 0 Å². The molecule has 5 N–H and O–H groups in total. The molecule has 9 heteroatoms. The first-order chi connectivity index (χ1) is 12.3. The number of rotatable bonds is 5. The Morgan fingerprint density at radius 2 is 1.96 bits per heavy atom. The molecule has 0 spiro atoms. The van der Waals surface area contributed by atoms with Crippen LogP contribution in [0, 0.1) is 0 Å². The van der Waals surface area contributed by atoms with Crippen LogP contribution in [0.4, 0.5) is 24.7 Å². The standard InChI is InChI=1S/C17H16F3N5O/c18-17(19,20)12-3-1-4-13(7-12)23-9-11(8-21)10-24-16(26)14-5-2-6-15(22)25-14/h1-9H,10,21H2,(H2,22,25)(H,24,26). The zero-order valence-electron chi connectivity index (χ0n) is 13.5. The van der Waals surface area contributed by atoms with Crippen molar-refractivity contribution in [3.63, 3.8) is 0 Å². The second kappa shape index (κ2) is 8.15. The number of nitrogens with zero attached hydrogens (tertiary/aromatic N) is 2. The van der Waals surface area contributed by atoms with E-state index < -0.39 is 17.6 Å². The van der Waals surface area contributed by atoms with Crippen LogP contribution in [0.1, 0.15) is 16.1 Å². The Morgan fingerprint density at radius 3 is 2.62 bits per heavy atom. The molecule has 0 aliphatic carbocycles. The molecule has 0 atom stereocenters. The topological polar surface area (TPSA) is 106 Å². The molecule has 0 saturated carbocycles. The lowest BCUT2D eigenvalue weighted by Crippen LogP contribution is -2.27. The largest absolute Gasteiger partial charge is 0.416 e. The Balaban J connectivity index is 2.01. The quantitative estimate of drug-likeness (QED) is 0.710. The molecule has 0 aliphatic heterocycles. The summed E-state index contributed by atoms with van der Waals surface area (Å²) >= 11 is 0. The average Bonchev–Trinajstić information content (AvgIpc) is 2.61. The maximum absolute atomic E-state index is 12.7. The van der Waals surface area contributed by atoms with Gasteiger partial charge in [-0.15, -0.1) is 0 Å². The molecule has 0 bridgehead atoms. The van der Waals surface area contributed by atoms with Gasteiger partial charge in [0.1, 0.15) is 11.5 Å². The number of amides is 1. The minimum atomic E-state index is -4.45. The fraction of sp³-hybridized carbons (Fsp3) is 0.118. The van der Waals surface area contributed by atoms with Crippen molar-refractivity contribution in [3.05, 3.63) is 65.5 Å². The van der Waals surface area contributed by atoms with Crippen molar-refractivity contribution in [2.24, 2.45) is 10.7 Å². The number of carbonyl (C=O) groups is 1. The number of nitrogens with two attached hydrogens (primary N) is 2. The van der Waals surface area contributed by atoms with Gasteiger partial charge in [-0.05, 0) is 30.3 Å². The van der Waals surface area contributed by atoms with Crippen LogP contribution in [-0.4, -0.2) is 23.7 Å². The highest BCUT2D eigenvalue weighted by atomic mass is 19.4. The first kappa shape index (κ1) is 19.0. The molecule has 0 aliphatic rings. The van der Waals surface area contributed by atoms with Crippen LogP contribution in [0.15, 0.2) is 59.2 Å². The molecule has 1 heterocycles. The summed E-state index contributed by atoms with van der Waals surface area (Å²) in [6, 6.07) is 9.19. The van der Waals surface area contributed by atoms with Gasteiger partial charge in [0.15, 0.2) is 0 Å². The average molecular weight is 363 g/mol. The lowest BCUT2D eigenvalue weighted by Gasteiger charge is -2.07. The van der Waals surface area contributed by atoms with Crippen molar-refractivity contribution in [3.8, 4) is 0 Å². The van der Waals surface area contributed by atoms with Crippen molar-refractivity contribution in [2.45, 2.75) is 6.18 Å². The molecule has 0 fully saturated rings. The summed E-state index contributed by atoms with van der Waals surface area (Å²) in [5, 5.41) is 2.57. The van der Waals surface area contributed by atoms with Gasteiger partial charge >= 0.3 is 6.18 Å². The third kappa shape index (κ3) is 5.33. The van der Waals surface area contributed by atoms with E-state index in [-0.39, 0.29) is 23.7 Å². The highest BCUT2D eigenvalue weighted by Crippen LogP contribution is 2.31. The van der Waals surface area contributed by atoms with Crippen LogP contribution in [0.5, 0.6) is 0 Å². The second-order valence-corrected chi connectivity index (χ2v) is 5.18. The molecule has 1 amide bonds. The van der Waals surface area contributed by atoms with E-state index in [1.807, 2.05) is 0 Å². The summed E-state index contributed by atoms with van der Waals surface area (Å²) < 4.78 is 38.1. The monoisotopic (exact) mass is 363 g/mol. The first-order valence-electron chi connectivity index (χ1n) is 7.42. The number of hydrogen-bond donors (Lipinski definition) is 3. The molecule has 26 heavy (non-hydrogen) atoms. The Hall–Kier alpha value is -3.36. The van der Waals surface area contributed by atoms with Crippen molar-refractivity contribution >= 4 is 23.6 Å². The van der Waals surface area contributed by atoms with Gasteiger partial charge in [-0.1, -0.05) is 12.1 Å². The van der Waals surface area contributed by atoms with Gasteiger partial charge in [0.05, 0.1) is 11.3 Å². The van der Waals surface area contributed by atoms with Gasteiger partial charge in [-0.3, -0.25) is 9.79 Å². The molecule has 2 aromatic rings. The van der Waals surface area contributed by atoms with Gasteiger partial charge in [-0.2, -0.15) is 13.2 Å². The predicted octanol–water partition coefficient (Wildman–Crippen LogP) is 2.66.